The molecular formula is C20H26O6. The normalized spacial score (nSPS) is 42.4. The van der Waals surface area contributed by atoms with Crippen LogP contribution in [0.15, 0.2) is 0 Å². The van der Waals surface area contributed by atoms with Crippen molar-refractivity contribution in [2.45, 2.75) is 75.8 Å². The minimum atomic E-state index is -0.674. The summed E-state index contributed by atoms with van der Waals surface area (Å²) < 4.78 is 21.6. The first-order chi connectivity index (χ1) is 12.4. The number of ether oxygens (including phenoxy) is 4. The molecule has 6 unspecified atom stereocenters. The van der Waals surface area contributed by atoms with Crippen molar-refractivity contribution in [3.05, 3.63) is 0 Å². The number of epoxide rings is 2. The fourth-order valence-electron chi connectivity index (χ4n) is 4.30. The summed E-state index contributed by atoms with van der Waals surface area (Å²) in [5.74, 6) is 3.72. The van der Waals surface area contributed by atoms with Crippen LogP contribution in [0.5, 0.6) is 0 Å². The minimum Gasteiger partial charge on any atom is -0.456 e. The number of fused-ring (bicyclic) bond motifs is 2. The number of rotatable bonds is 4. The van der Waals surface area contributed by atoms with Gasteiger partial charge in [-0.05, 0) is 64.2 Å². The van der Waals surface area contributed by atoms with Gasteiger partial charge in [0.05, 0.1) is 36.6 Å². The first-order valence-corrected chi connectivity index (χ1v) is 9.57. The molecule has 2 saturated heterocycles. The quantitative estimate of drug-likeness (QED) is 0.329. The average Bonchev–Trinajstić information content (AvgIpc) is 3.48. The van der Waals surface area contributed by atoms with Gasteiger partial charge >= 0.3 is 11.9 Å². The predicted octanol–water partition coefficient (Wildman–Crippen LogP) is 1.99. The molecular weight excluding hydrogens is 336 g/mol. The van der Waals surface area contributed by atoms with Crippen LogP contribution in [0, 0.1) is 23.7 Å². The molecule has 4 rings (SSSR count). The molecule has 6 atom stereocenters. The maximum absolute atomic E-state index is 11.7. The van der Waals surface area contributed by atoms with Crippen LogP contribution in [0.4, 0.5) is 0 Å². The monoisotopic (exact) mass is 362 g/mol. The van der Waals surface area contributed by atoms with Crippen LogP contribution >= 0.6 is 0 Å². The van der Waals surface area contributed by atoms with Crippen molar-refractivity contribution < 1.29 is 28.5 Å². The van der Waals surface area contributed by atoms with Crippen molar-refractivity contribution in [3.63, 3.8) is 0 Å². The van der Waals surface area contributed by atoms with E-state index in [1.165, 1.54) is 0 Å². The molecule has 0 bridgehead atoms. The molecule has 0 aromatic rings. The van der Waals surface area contributed by atoms with Crippen molar-refractivity contribution in [1.29, 1.82) is 0 Å². The van der Waals surface area contributed by atoms with E-state index in [0.717, 1.165) is 38.5 Å². The average molecular weight is 362 g/mol. The molecule has 2 aliphatic heterocycles. The summed E-state index contributed by atoms with van der Waals surface area (Å²) in [5.41, 5.74) is 0.124. The molecule has 0 spiro atoms. The lowest BCUT2D eigenvalue weighted by Gasteiger charge is -2.21. The van der Waals surface area contributed by atoms with Crippen LogP contribution in [-0.4, -0.2) is 48.6 Å². The van der Waals surface area contributed by atoms with Crippen LogP contribution < -0.4 is 0 Å². The molecule has 4 aliphatic rings. The molecule has 0 aromatic heterocycles. The van der Waals surface area contributed by atoms with E-state index in [1.807, 2.05) is 0 Å². The van der Waals surface area contributed by atoms with Crippen LogP contribution in [0.25, 0.3) is 0 Å². The van der Waals surface area contributed by atoms with Gasteiger partial charge in [0.2, 0.25) is 0 Å². The van der Waals surface area contributed by atoms with E-state index in [0.29, 0.717) is 37.3 Å². The zero-order valence-corrected chi connectivity index (χ0v) is 15.4. The van der Waals surface area contributed by atoms with E-state index in [1.54, 1.807) is 0 Å². The summed E-state index contributed by atoms with van der Waals surface area (Å²) in [6, 6.07) is 0. The van der Waals surface area contributed by atoms with E-state index in [-0.39, 0.29) is 11.2 Å². The highest BCUT2D eigenvalue weighted by Gasteiger charge is 2.56. The van der Waals surface area contributed by atoms with Gasteiger partial charge in [-0.3, -0.25) is 0 Å². The van der Waals surface area contributed by atoms with Crippen LogP contribution in [0.1, 0.15) is 52.4 Å². The van der Waals surface area contributed by atoms with Gasteiger partial charge in [0.15, 0.2) is 0 Å². The summed E-state index contributed by atoms with van der Waals surface area (Å²) in [6.45, 7) is 4.92. The van der Waals surface area contributed by atoms with E-state index in [4.69, 9.17) is 18.9 Å². The molecule has 4 fully saturated rings. The Kier molecular flexibility index (Phi) is 4.48. The largest absolute Gasteiger partial charge is 0.456 e. The highest BCUT2D eigenvalue weighted by molar-refractivity contribution is 5.98. The second-order valence-corrected chi connectivity index (χ2v) is 8.57. The van der Waals surface area contributed by atoms with E-state index >= 15 is 0 Å². The fourth-order valence-corrected chi connectivity index (χ4v) is 4.30. The Hall–Kier alpha value is -1.58. The first-order valence-electron chi connectivity index (χ1n) is 9.57. The zero-order valence-electron chi connectivity index (χ0n) is 15.4. The highest BCUT2D eigenvalue weighted by Crippen LogP contribution is 2.49. The van der Waals surface area contributed by atoms with Crippen molar-refractivity contribution in [3.8, 4) is 11.8 Å². The van der Waals surface area contributed by atoms with Crippen LogP contribution in [0.2, 0.25) is 0 Å². The smallest absolute Gasteiger partial charge is 0.384 e. The maximum atomic E-state index is 11.7. The van der Waals surface area contributed by atoms with Crippen molar-refractivity contribution in [2.24, 2.45) is 11.8 Å². The molecule has 0 N–H and O–H groups in total. The van der Waals surface area contributed by atoms with E-state index in [9.17, 15) is 9.59 Å². The van der Waals surface area contributed by atoms with Gasteiger partial charge in [0.1, 0.15) is 0 Å². The standard InChI is InChI=1S/C20H26O6/c1-19-7-5-13(9-15(19)25-19)11-23-17(21)3-4-18(22)24-12-14-6-8-20(2)16(10-14)26-20/h13-16H,5-12H2,1-2H3. The molecule has 26 heavy (non-hydrogen) atoms. The summed E-state index contributed by atoms with van der Waals surface area (Å²) in [4.78, 5) is 23.4. The van der Waals surface area contributed by atoms with Gasteiger partial charge < -0.3 is 18.9 Å². The number of carbonyl (C=O) groups excluding carboxylic acids is 2. The van der Waals surface area contributed by atoms with Crippen molar-refractivity contribution in [1.82, 2.24) is 0 Å². The number of carbonyl (C=O) groups is 2. The summed E-state index contributed by atoms with van der Waals surface area (Å²) in [5, 5.41) is 0. The lowest BCUT2D eigenvalue weighted by molar-refractivity contribution is -0.140. The molecule has 2 saturated carbocycles. The number of esters is 2. The highest BCUT2D eigenvalue weighted by atomic mass is 16.6. The molecule has 6 heteroatoms. The third-order valence-electron chi connectivity index (χ3n) is 6.43. The first kappa shape index (κ1) is 17.8. The third kappa shape index (κ3) is 3.89. The molecule has 2 aliphatic carbocycles. The van der Waals surface area contributed by atoms with E-state index in [2.05, 4.69) is 25.7 Å². The maximum Gasteiger partial charge on any atom is 0.384 e. The second kappa shape index (κ2) is 6.54. The second-order valence-electron chi connectivity index (χ2n) is 8.57. The molecule has 0 aromatic carbocycles. The van der Waals surface area contributed by atoms with Gasteiger partial charge in [-0.2, -0.15) is 0 Å². The van der Waals surface area contributed by atoms with Crippen molar-refractivity contribution >= 4 is 11.9 Å². The third-order valence-corrected chi connectivity index (χ3v) is 6.43. The Bertz CT molecular complexity index is 609. The number of hydrogen-bond donors (Lipinski definition) is 0. The van der Waals surface area contributed by atoms with Crippen LogP contribution in [0.3, 0.4) is 0 Å². The Balaban J connectivity index is 1.12. The van der Waals surface area contributed by atoms with Gasteiger partial charge in [0.25, 0.3) is 0 Å². The lowest BCUT2D eigenvalue weighted by atomic mass is 9.83. The van der Waals surface area contributed by atoms with Gasteiger partial charge in [0, 0.05) is 11.8 Å². The summed E-state index contributed by atoms with van der Waals surface area (Å²) >= 11 is 0. The Morgan fingerprint density at radius 1 is 0.885 bits per heavy atom. The van der Waals surface area contributed by atoms with Gasteiger partial charge in [-0.1, -0.05) is 0 Å². The lowest BCUT2D eigenvalue weighted by Crippen LogP contribution is -2.25. The topological polar surface area (TPSA) is 77.7 Å². The molecule has 6 nitrogen and oxygen atoms in total. The predicted molar refractivity (Wildman–Crippen MR) is 90.9 cm³/mol. The summed E-state index contributed by atoms with van der Waals surface area (Å²) in [6.07, 6.45) is 6.43. The van der Waals surface area contributed by atoms with Crippen molar-refractivity contribution in [2.75, 3.05) is 13.2 Å². The zero-order chi connectivity index (χ0) is 18.4. The minimum absolute atomic E-state index is 0.0622. The van der Waals surface area contributed by atoms with E-state index < -0.39 is 11.9 Å². The van der Waals surface area contributed by atoms with Gasteiger partial charge in [-0.25, -0.2) is 9.59 Å². The molecule has 142 valence electrons. The Morgan fingerprint density at radius 2 is 1.31 bits per heavy atom. The SMILES string of the molecule is CC12CCC(COC(=O)C#CC(=O)OCC3CCC4(C)OC4C3)CC1O2. The Morgan fingerprint density at radius 3 is 1.69 bits per heavy atom. The molecule has 0 amide bonds. The molecule has 0 radical (unpaired) electrons. The van der Waals surface area contributed by atoms with Crippen LogP contribution in [-0.2, 0) is 28.5 Å². The fraction of sp³-hybridized carbons (Fsp3) is 0.800. The Labute approximate surface area is 153 Å². The molecule has 2 heterocycles. The van der Waals surface area contributed by atoms with Gasteiger partial charge in [-0.15, -0.1) is 0 Å². The summed E-state index contributed by atoms with van der Waals surface area (Å²) in [7, 11) is 0. The number of hydrogen-bond acceptors (Lipinski definition) is 6.